The van der Waals surface area contributed by atoms with Crippen LogP contribution in [0.4, 0.5) is 5.69 Å². The molecule has 0 radical (unpaired) electrons. The van der Waals surface area contributed by atoms with Gasteiger partial charge in [-0.05, 0) is 31.7 Å². The van der Waals surface area contributed by atoms with E-state index in [1.807, 2.05) is 6.92 Å². The van der Waals surface area contributed by atoms with E-state index in [-0.39, 0.29) is 35.6 Å². The molecule has 2 rings (SSSR count). The quantitative estimate of drug-likeness (QED) is 0.468. The minimum Gasteiger partial charge on any atom is -0.483 e. The summed E-state index contributed by atoms with van der Waals surface area (Å²) in [6.45, 7) is 1.72. The van der Waals surface area contributed by atoms with Crippen LogP contribution < -0.4 is 10.1 Å². The number of hydrogen-bond donors (Lipinski definition) is 1. The van der Waals surface area contributed by atoms with Crippen molar-refractivity contribution < 1.29 is 19.2 Å². The average Bonchev–Trinajstić information content (AvgIpc) is 3.29. The molecule has 1 amide bonds. The van der Waals surface area contributed by atoms with Crippen molar-refractivity contribution in [3.8, 4) is 5.75 Å². The molecule has 0 unspecified atom stereocenters. The van der Waals surface area contributed by atoms with Crippen molar-refractivity contribution in [2.45, 2.75) is 25.8 Å². The maximum Gasteiger partial charge on any atom is 0.270 e. The zero-order chi connectivity index (χ0) is 15.4. The molecule has 7 nitrogen and oxygen atoms in total. The van der Waals surface area contributed by atoms with Crippen molar-refractivity contribution in [3.05, 3.63) is 33.9 Å². The molecule has 0 bridgehead atoms. The second kappa shape index (κ2) is 6.34. The number of carbonyl (C=O) groups is 2. The molecule has 1 aromatic carbocycles. The summed E-state index contributed by atoms with van der Waals surface area (Å²) in [5.74, 6) is 0.424. The molecular formula is C14H16N2O5. The number of aldehydes is 1. The van der Waals surface area contributed by atoms with E-state index >= 15 is 0 Å². The lowest BCUT2D eigenvalue weighted by molar-refractivity contribution is -0.384. The number of benzene rings is 1. The lowest BCUT2D eigenvalue weighted by atomic mass is 10.2. The van der Waals surface area contributed by atoms with E-state index in [4.69, 9.17) is 4.74 Å². The van der Waals surface area contributed by atoms with Crippen LogP contribution in [0.25, 0.3) is 0 Å². The summed E-state index contributed by atoms with van der Waals surface area (Å²) in [6, 6.07) is 3.78. The van der Waals surface area contributed by atoms with Crippen LogP contribution in [0.5, 0.6) is 5.75 Å². The molecule has 7 heteroatoms. The van der Waals surface area contributed by atoms with Crippen LogP contribution in [-0.2, 0) is 4.79 Å². The van der Waals surface area contributed by atoms with E-state index < -0.39 is 4.92 Å². The molecule has 0 saturated heterocycles. The highest BCUT2D eigenvalue weighted by Gasteiger charge is 2.28. The first-order chi connectivity index (χ1) is 10.0. The first-order valence-corrected chi connectivity index (χ1v) is 6.67. The van der Waals surface area contributed by atoms with Gasteiger partial charge in [0, 0.05) is 18.2 Å². The molecule has 21 heavy (non-hydrogen) atoms. The van der Waals surface area contributed by atoms with E-state index in [1.165, 1.54) is 12.1 Å². The molecule has 1 atom stereocenters. The van der Waals surface area contributed by atoms with Crippen LogP contribution in [0.2, 0.25) is 0 Å². The Kier molecular flexibility index (Phi) is 4.52. The minimum absolute atomic E-state index is 0.0484. The Hall–Kier alpha value is -2.44. The van der Waals surface area contributed by atoms with Gasteiger partial charge in [-0.15, -0.1) is 0 Å². The van der Waals surface area contributed by atoms with Gasteiger partial charge in [0.2, 0.25) is 0 Å². The monoisotopic (exact) mass is 292 g/mol. The maximum absolute atomic E-state index is 11.7. The van der Waals surface area contributed by atoms with Crippen molar-refractivity contribution in [3.63, 3.8) is 0 Å². The smallest absolute Gasteiger partial charge is 0.270 e. The zero-order valence-corrected chi connectivity index (χ0v) is 11.6. The third-order valence-corrected chi connectivity index (χ3v) is 3.41. The number of amides is 1. The predicted molar refractivity (Wildman–Crippen MR) is 74.3 cm³/mol. The van der Waals surface area contributed by atoms with Crippen molar-refractivity contribution in [2.75, 3.05) is 6.61 Å². The molecule has 112 valence electrons. The number of nitrogens with one attached hydrogen (secondary N) is 1. The van der Waals surface area contributed by atoms with Crippen LogP contribution in [0.3, 0.4) is 0 Å². The number of rotatable bonds is 7. The second-order valence-corrected chi connectivity index (χ2v) is 5.08. The summed E-state index contributed by atoms with van der Waals surface area (Å²) < 4.78 is 5.26. The van der Waals surface area contributed by atoms with Gasteiger partial charge in [0.25, 0.3) is 11.6 Å². The normalized spacial score (nSPS) is 15.1. The Labute approximate surface area is 121 Å². The number of nitro groups is 1. The average molecular weight is 292 g/mol. The largest absolute Gasteiger partial charge is 0.483 e. The zero-order valence-electron chi connectivity index (χ0n) is 11.6. The standard InChI is InChI=1S/C14H16N2O5/c1-9(10-2-3-10)15-14(18)8-21-13-5-4-12(16(19)20)6-11(13)7-17/h4-7,9-10H,2-3,8H2,1H3,(H,15,18)/t9-/m0/s1. The lowest BCUT2D eigenvalue weighted by Crippen LogP contribution is -2.37. The second-order valence-electron chi connectivity index (χ2n) is 5.08. The Balaban J connectivity index is 1.94. The van der Waals surface area contributed by atoms with Gasteiger partial charge in [-0.25, -0.2) is 0 Å². The highest BCUT2D eigenvalue weighted by molar-refractivity contribution is 5.82. The number of ether oxygens (including phenoxy) is 1. The topological polar surface area (TPSA) is 98.5 Å². The molecule has 0 aromatic heterocycles. The fraction of sp³-hybridized carbons (Fsp3) is 0.429. The van der Waals surface area contributed by atoms with E-state index in [1.54, 1.807) is 0 Å². The molecule has 1 aliphatic carbocycles. The summed E-state index contributed by atoms with van der Waals surface area (Å²) in [5, 5.41) is 13.4. The highest BCUT2D eigenvalue weighted by atomic mass is 16.6. The number of hydrogen-bond acceptors (Lipinski definition) is 5. The molecule has 1 aromatic rings. The van der Waals surface area contributed by atoms with Gasteiger partial charge in [-0.2, -0.15) is 0 Å². The first kappa shape index (κ1) is 15.0. The van der Waals surface area contributed by atoms with Gasteiger partial charge in [0.15, 0.2) is 12.9 Å². The van der Waals surface area contributed by atoms with Gasteiger partial charge in [0.05, 0.1) is 10.5 Å². The van der Waals surface area contributed by atoms with Gasteiger partial charge in [-0.3, -0.25) is 19.7 Å². The van der Waals surface area contributed by atoms with E-state index in [9.17, 15) is 19.7 Å². The number of nitrogens with zero attached hydrogens (tertiary/aromatic N) is 1. The van der Waals surface area contributed by atoms with E-state index in [2.05, 4.69) is 5.32 Å². The molecule has 1 fully saturated rings. The number of carbonyl (C=O) groups excluding carboxylic acids is 2. The Morgan fingerprint density at radius 1 is 1.57 bits per heavy atom. The fourth-order valence-electron chi connectivity index (χ4n) is 2.03. The molecule has 0 heterocycles. The third-order valence-electron chi connectivity index (χ3n) is 3.41. The maximum atomic E-state index is 11.7. The van der Waals surface area contributed by atoms with Crippen LogP contribution in [0.1, 0.15) is 30.1 Å². The van der Waals surface area contributed by atoms with Gasteiger partial charge in [-0.1, -0.05) is 0 Å². The summed E-state index contributed by atoms with van der Waals surface area (Å²) in [6.07, 6.45) is 2.72. The van der Waals surface area contributed by atoms with Gasteiger partial charge < -0.3 is 10.1 Å². The molecule has 0 spiro atoms. The Morgan fingerprint density at radius 2 is 2.29 bits per heavy atom. The van der Waals surface area contributed by atoms with Crippen molar-refractivity contribution in [2.24, 2.45) is 5.92 Å². The number of non-ortho nitro benzene ring substituents is 1. The van der Waals surface area contributed by atoms with E-state index in [0.717, 1.165) is 18.9 Å². The van der Waals surface area contributed by atoms with Crippen molar-refractivity contribution in [1.82, 2.24) is 5.32 Å². The summed E-state index contributed by atoms with van der Waals surface area (Å²) in [4.78, 5) is 32.6. The SMILES string of the molecule is C[C@H](NC(=O)COc1ccc([N+](=O)[O-])cc1C=O)C1CC1. The molecule has 0 aliphatic heterocycles. The molecule has 1 N–H and O–H groups in total. The highest BCUT2D eigenvalue weighted by Crippen LogP contribution is 2.32. The third kappa shape index (κ3) is 4.01. The Morgan fingerprint density at radius 3 is 2.86 bits per heavy atom. The van der Waals surface area contributed by atoms with Crippen LogP contribution in [0.15, 0.2) is 18.2 Å². The van der Waals surface area contributed by atoms with Gasteiger partial charge >= 0.3 is 0 Å². The predicted octanol–water partition coefficient (Wildman–Crippen LogP) is 1.70. The van der Waals surface area contributed by atoms with Gasteiger partial charge in [0.1, 0.15) is 5.75 Å². The molecular weight excluding hydrogens is 276 g/mol. The number of nitro benzene ring substituents is 1. The minimum atomic E-state index is -0.596. The summed E-state index contributed by atoms with van der Waals surface area (Å²) >= 11 is 0. The van der Waals surface area contributed by atoms with Crippen molar-refractivity contribution >= 4 is 17.9 Å². The van der Waals surface area contributed by atoms with Crippen LogP contribution in [-0.4, -0.2) is 29.8 Å². The Bertz CT molecular complexity index is 568. The summed E-state index contributed by atoms with van der Waals surface area (Å²) in [7, 11) is 0. The fourth-order valence-corrected chi connectivity index (χ4v) is 2.03. The lowest BCUT2D eigenvalue weighted by Gasteiger charge is -2.13. The first-order valence-electron chi connectivity index (χ1n) is 6.67. The van der Waals surface area contributed by atoms with Crippen LogP contribution >= 0.6 is 0 Å². The summed E-state index contributed by atoms with van der Waals surface area (Å²) in [5.41, 5.74) is -0.150. The van der Waals surface area contributed by atoms with Crippen LogP contribution in [0, 0.1) is 16.0 Å². The van der Waals surface area contributed by atoms with Crippen molar-refractivity contribution in [1.29, 1.82) is 0 Å². The molecule has 1 saturated carbocycles. The van der Waals surface area contributed by atoms with E-state index in [0.29, 0.717) is 12.2 Å². The molecule has 1 aliphatic rings.